The van der Waals surface area contributed by atoms with Crippen LogP contribution in [0.3, 0.4) is 0 Å². The molecule has 1 aromatic carbocycles. The van der Waals surface area contributed by atoms with Gasteiger partial charge in [-0.15, -0.1) is 11.3 Å². The van der Waals surface area contributed by atoms with Crippen LogP contribution in [0.25, 0.3) is 10.6 Å². The van der Waals surface area contributed by atoms with Gasteiger partial charge in [-0.1, -0.05) is 6.07 Å². The van der Waals surface area contributed by atoms with Gasteiger partial charge >= 0.3 is 0 Å². The molecule has 0 fully saturated rings. The molecular formula is C15H13Br2N3S. The molecule has 0 aliphatic carbocycles. The van der Waals surface area contributed by atoms with E-state index < -0.39 is 0 Å². The number of thiophene rings is 1. The molecule has 0 spiro atoms. The van der Waals surface area contributed by atoms with E-state index in [1.807, 2.05) is 12.3 Å². The van der Waals surface area contributed by atoms with E-state index in [1.54, 1.807) is 11.3 Å². The number of aromatic amines is 1. The predicted octanol–water partition coefficient (Wildman–Crippen LogP) is 5.58. The highest BCUT2D eigenvalue weighted by atomic mass is 79.9. The fraction of sp³-hybridized carbons (Fsp3) is 0.133. The van der Waals surface area contributed by atoms with Gasteiger partial charge in [0.15, 0.2) is 0 Å². The van der Waals surface area contributed by atoms with Crippen molar-refractivity contribution in [3.8, 4) is 10.6 Å². The van der Waals surface area contributed by atoms with Gasteiger partial charge in [0.1, 0.15) is 0 Å². The van der Waals surface area contributed by atoms with Crippen molar-refractivity contribution in [2.24, 2.45) is 0 Å². The molecule has 0 atom stereocenters. The zero-order valence-electron chi connectivity index (χ0n) is 11.3. The topological polar surface area (TPSA) is 40.7 Å². The third-order valence-electron chi connectivity index (χ3n) is 3.13. The lowest BCUT2D eigenvalue weighted by molar-refractivity contribution is 1.10. The molecule has 108 valence electrons. The second-order valence-corrected chi connectivity index (χ2v) is 7.36. The molecule has 0 saturated heterocycles. The molecule has 21 heavy (non-hydrogen) atoms. The summed E-state index contributed by atoms with van der Waals surface area (Å²) in [5.74, 6) is 0. The number of hydrogen-bond acceptors (Lipinski definition) is 3. The van der Waals surface area contributed by atoms with E-state index in [-0.39, 0.29) is 0 Å². The molecule has 3 aromatic rings. The minimum Gasteiger partial charge on any atom is -0.379 e. The van der Waals surface area contributed by atoms with E-state index in [2.05, 4.69) is 77.9 Å². The molecule has 6 heteroatoms. The quantitative estimate of drug-likeness (QED) is 0.571. The maximum atomic E-state index is 4.17. The number of nitrogens with zero attached hydrogens (tertiary/aromatic N) is 1. The Labute approximate surface area is 144 Å². The summed E-state index contributed by atoms with van der Waals surface area (Å²) in [6.45, 7) is 2.79. The van der Waals surface area contributed by atoms with Gasteiger partial charge in [-0.2, -0.15) is 5.10 Å². The molecule has 2 aromatic heterocycles. The highest BCUT2D eigenvalue weighted by Gasteiger charge is 2.11. The number of nitrogens with one attached hydrogen (secondary N) is 2. The second-order valence-electron chi connectivity index (χ2n) is 4.70. The lowest BCUT2D eigenvalue weighted by atomic mass is 10.2. The summed E-state index contributed by atoms with van der Waals surface area (Å²) in [5.41, 5.74) is 4.49. The van der Waals surface area contributed by atoms with Gasteiger partial charge in [0.05, 0.1) is 22.5 Å². The molecule has 3 nitrogen and oxygen atoms in total. The van der Waals surface area contributed by atoms with Gasteiger partial charge in [-0.05, 0) is 67.9 Å². The zero-order valence-corrected chi connectivity index (χ0v) is 15.3. The normalized spacial score (nSPS) is 10.8. The van der Waals surface area contributed by atoms with Crippen molar-refractivity contribution in [2.45, 2.75) is 13.5 Å². The molecule has 0 amide bonds. The Bertz CT molecular complexity index is 727. The van der Waals surface area contributed by atoms with Crippen LogP contribution in [-0.2, 0) is 6.54 Å². The molecule has 2 N–H and O–H groups in total. The monoisotopic (exact) mass is 425 g/mol. The summed E-state index contributed by atoms with van der Waals surface area (Å²) < 4.78 is 2.10. The number of aromatic nitrogens is 2. The van der Waals surface area contributed by atoms with Crippen LogP contribution in [0.1, 0.15) is 11.1 Å². The first-order chi connectivity index (χ1) is 10.1. The van der Waals surface area contributed by atoms with Gasteiger partial charge in [0.25, 0.3) is 0 Å². The lowest BCUT2D eigenvalue weighted by Crippen LogP contribution is -2.01. The maximum Gasteiger partial charge on any atom is 0.0799 e. The van der Waals surface area contributed by atoms with Crippen LogP contribution in [0.4, 0.5) is 5.69 Å². The minimum absolute atomic E-state index is 0.712. The van der Waals surface area contributed by atoms with E-state index in [9.17, 15) is 0 Å². The SMILES string of the molecule is Cc1cc(Br)c(NCc2cn[nH]c2-c2cccs2)c(Br)c1. The summed E-state index contributed by atoms with van der Waals surface area (Å²) >= 11 is 8.92. The van der Waals surface area contributed by atoms with E-state index in [4.69, 9.17) is 0 Å². The summed E-state index contributed by atoms with van der Waals surface area (Å²) in [6, 6.07) is 8.34. The standard InChI is InChI=1S/C15H13Br2N3S/c1-9-5-11(16)15(12(17)6-9)18-7-10-8-19-20-14(10)13-3-2-4-21-13/h2-6,8,18H,7H2,1H3,(H,19,20). The van der Waals surface area contributed by atoms with Crippen molar-refractivity contribution in [2.75, 3.05) is 5.32 Å². The molecule has 0 unspecified atom stereocenters. The van der Waals surface area contributed by atoms with Crippen molar-refractivity contribution >= 4 is 48.9 Å². The highest BCUT2D eigenvalue weighted by molar-refractivity contribution is 9.11. The Morgan fingerprint density at radius 3 is 2.71 bits per heavy atom. The second kappa shape index (κ2) is 6.34. The third kappa shape index (κ3) is 3.22. The number of aryl methyl sites for hydroxylation is 1. The summed E-state index contributed by atoms with van der Waals surface area (Å²) in [6.07, 6.45) is 1.87. The van der Waals surface area contributed by atoms with Gasteiger partial charge in [0.2, 0.25) is 0 Å². The molecule has 0 aliphatic rings. The Morgan fingerprint density at radius 2 is 2.05 bits per heavy atom. The minimum atomic E-state index is 0.712. The van der Waals surface area contributed by atoms with Crippen molar-refractivity contribution in [3.05, 3.63) is 55.9 Å². The van der Waals surface area contributed by atoms with Gasteiger partial charge in [0, 0.05) is 21.1 Å². The largest absolute Gasteiger partial charge is 0.379 e. The van der Waals surface area contributed by atoms with E-state index in [1.165, 1.54) is 10.4 Å². The van der Waals surface area contributed by atoms with Crippen molar-refractivity contribution in [1.29, 1.82) is 0 Å². The van der Waals surface area contributed by atoms with E-state index in [0.29, 0.717) is 6.54 Å². The molecule has 0 bridgehead atoms. The average Bonchev–Trinajstić information content (AvgIpc) is 3.07. The lowest BCUT2D eigenvalue weighted by Gasteiger charge is -2.11. The fourth-order valence-electron chi connectivity index (χ4n) is 2.13. The van der Waals surface area contributed by atoms with Crippen LogP contribution >= 0.6 is 43.2 Å². The van der Waals surface area contributed by atoms with Crippen LogP contribution in [0.15, 0.2) is 44.8 Å². The Morgan fingerprint density at radius 1 is 1.29 bits per heavy atom. The van der Waals surface area contributed by atoms with E-state index >= 15 is 0 Å². The van der Waals surface area contributed by atoms with Crippen molar-refractivity contribution < 1.29 is 0 Å². The number of anilines is 1. The maximum absolute atomic E-state index is 4.17. The Hall–Kier alpha value is -1.11. The Kier molecular flexibility index (Phi) is 4.47. The highest BCUT2D eigenvalue weighted by Crippen LogP contribution is 2.33. The smallest absolute Gasteiger partial charge is 0.0799 e. The molecule has 0 aliphatic heterocycles. The number of hydrogen-bond donors (Lipinski definition) is 2. The first kappa shape index (κ1) is 14.8. The predicted molar refractivity (Wildman–Crippen MR) is 95.8 cm³/mol. The zero-order chi connectivity index (χ0) is 14.8. The van der Waals surface area contributed by atoms with Crippen LogP contribution in [-0.4, -0.2) is 10.2 Å². The van der Waals surface area contributed by atoms with Crippen molar-refractivity contribution in [3.63, 3.8) is 0 Å². The van der Waals surface area contributed by atoms with Crippen LogP contribution < -0.4 is 5.32 Å². The van der Waals surface area contributed by atoms with Crippen LogP contribution in [0.5, 0.6) is 0 Å². The first-order valence-corrected chi connectivity index (χ1v) is 8.87. The van der Waals surface area contributed by atoms with Gasteiger partial charge in [-0.3, -0.25) is 5.10 Å². The molecule has 2 heterocycles. The van der Waals surface area contributed by atoms with Crippen LogP contribution in [0.2, 0.25) is 0 Å². The summed E-state index contributed by atoms with van der Waals surface area (Å²) in [4.78, 5) is 1.20. The average molecular weight is 427 g/mol. The van der Waals surface area contributed by atoms with Crippen molar-refractivity contribution in [1.82, 2.24) is 10.2 Å². The first-order valence-electron chi connectivity index (χ1n) is 6.41. The van der Waals surface area contributed by atoms with E-state index in [0.717, 1.165) is 25.9 Å². The summed E-state index contributed by atoms with van der Waals surface area (Å²) in [5, 5.41) is 12.8. The number of halogens is 2. The number of benzene rings is 1. The van der Waals surface area contributed by atoms with Crippen LogP contribution in [0, 0.1) is 6.92 Å². The third-order valence-corrected chi connectivity index (χ3v) is 5.27. The fourth-order valence-corrected chi connectivity index (χ4v) is 4.58. The molecular weight excluding hydrogens is 414 g/mol. The number of rotatable bonds is 4. The molecule has 0 radical (unpaired) electrons. The van der Waals surface area contributed by atoms with Gasteiger partial charge < -0.3 is 5.32 Å². The summed E-state index contributed by atoms with van der Waals surface area (Å²) in [7, 11) is 0. The van der Waals surface area contributed by atoms with Gasteiger partial charge in [-0.25, -0.2) is 0 Å². The molecule has 0 saturated carbocycles. The molecule has 3 rings (SSSR count). The Balaban J connectivity index is 1.82. The number of H-pyrrole nitrogens is 1.